The van der Waals surface area contributed by atoms with Crippen molar-refractivity contribution in [2.24, 2.45) is 0 Å². The molecule has 122 valence electrons. The number of hydrogen-bond acceptors (Lipinski definition) is 2. The first-order valence-electron chi connectivity index (χ1n) is 6.03. The van der Waals surface area contributed by atoms with Gasteiger partial charge in [-0.3, -0.25) is 0 Å². The second-order valence-corrected chi connectivity index (χ2v) is 6.61. The molecule has 0 unspecified atom stereocenters. The fourth-order valence-corrected chi connectivity index (χ4v) is 4.52. The van der Waals surface area contributed by atoms with Crippen molar-refractivity contribution in [1.82, 2.24) is 0 Å². The molecule has 2 aromatic carbocycles. The Hall–Kier alpha value is -1.48. The third-order valence-electron chi connectivity index (χ3n) is 3.30. The van der Waals surface area contributed by atoms with Gasteiger partial charge in [0, 0.05) is 19.9 Å². The highest BCUT2D eigenvalue weighted by molar-refractivity contribution is 9.10. The molecule has 1 heterocycles. The zero-order valence-electron chi connectivity index (χ0n) is 10.8. The number of phenolic OH excluding ortho intramolecular Hbond substituents is 1. The van der Waals surface area contributed by atoms with Crippen molar-refractivity contribution in [2.75, 3.05) is 0 Å². The topological polar surface area (TPSA) is 20.2 Å². The lowest BCUT2D eigenvalue weighted by molar-refractivity contribution is -0.137. The third-order valence-corrected chi connectivity index (χ3v) is 5.22. The lowest BCUT2D eigenvalue weighted by atomic mass is 10.1. The molecule has 3 rings (SSSR count). The monoisotopic (exact) mass is 414 g/mol. The summed E-state index contributed by atoms with van der Waals surface area (Å²) in [4.78, 5) is 0. The number of rotatable bonds is 0. The van der Waals surface area contributed by atoms with Gasteiger partial charge < -0.3 is 5.11 Å². The molecule has 0 spiro atoms. The highest BCUT2D eigenvalue weighted by Gasteiger charge is 2.39. The van der Waals surface area contributed by atoms with Gasteiger partial charge in [-0.1, -0.05) is 22.0 Å². The summed E-state index contributed by atoms with van der Waals surface area (Å²) in [5.74, 6) is -1.01. The van der Waals surface area contributed by atoms with Gasteiger partial charge in [0.15, 0.2) is 0 Å². The van der Waals surface area contributed by atoms with Crippen LogP contribution in [-0.2, 0) is 12.4 Å². The van der Waals surface area contributed by atoms with E-state index in [1.165, 1.54) is 12.1 Å². The Morgan fingerprint density at radius 2 is 1.26 bits per heavy atom. The van der Waals surface area contributed by atoms with Crippen LogP contribution in [0.3, 0.4) is 0 Å². The molecule has 0 bridgehead atoms. The SMILES string of the molecule is Oc1ccc2c(sc3c(C(F)(F)F)c(Br)ccc32)c1C(F)(F)F. The van der Waals surface area contributed by atoms with Gasteiger partial charge in [0.1, 0.15) is 11.3 Å². The number of halogens is 7. The van der Waals surface area contributed by atoms with Crippen LogP contribution in [0.2, 0.25) is 0 Å². The molecule has 0 fully saturated rings. The highest BCUT2D eigenvalue weighted by atomic mass is 79.9. The minimum absolute atomic E-state index is 0.0214. The largest absolute Gasteiger partial charge is 0.507 e. The number of benzene rings is 2. The zero-order valence-corrected chi connectivity index (χ0v) is 13.2. The summed E-state index contributed by atoms with van der Waals surface area (Å²) in [5.41, 5.74) is -2.34. The van der Waals surface area contributed by atoms with Crippen LogP contribution < -0.4 is 0 Å². The van der Waals surface area contributed by atoms with Crippen molar-refractivity contribution in [1.29, 1.82) is 0 Å². The first-order chi connectivity index (χ1) is 10.5. The van der Waals surface area contributed by atoms with Crippen molar-refractivity contribution < 1.29 is 31.4 Å². The van der Waals surface area contributed by atoms with Crippen LogP contribution >= 0.6 is 27.3 Å². The van der Waals surface area contributed by atoms with E-state index in [4.69, 9.17) is 0 Å². The second-order valence-electron chi connectivity index (χ2n) is 4.73. The zero-order chi connectivity index (χ0) is 17.2. The van der Waals surface area contributed by atoms with Crippen molar-refractivity contribution >= 4 is 47.4 Å². The van der Waals surface area contributed by atoms with Crippen LogP contribution in [0.5, 0.6) is 5.75 Å². The van der Waals surface area contributed by atoms with Crippen LogP contribution in [0.25, 0.3) is 20.2 Å². The predicted molar refractivity (Wildman–Crippen MR) is 78.7 cm³/mol. The number of aromatic hydroxyl groups is 1. The quantitative estimate of drug-likeness (QED) is 0.413. The van der Waals surface area contributed by atoms with E-state index >= 15 is 0 Å². The first kappa shape index (κ1) is 16.4. The molecule has 3 aromatic rings. The minimum Gasteiger partial charge on any atom is -0.507 e. The van der Waals surface area contributed by atoms with Crippen LogP contribution in [0, 0.1) is 0 Å². The third kappa shape index (κ3) is 2.55. The van der Waals surface area contributed by atoms with Gasteiger partial charge in [-0.05, 0) is 18.2 Å². The number of thiophene rings is 1. The smallest absolute Gasteiger partial charge is 0.421 e. The standard InChI is InChI=1S/C14H5BrF6OS/c15-7-3-1-5-6-2-4-8(22)10(14(19,20)21)12(6)23-11(5)9(7)13(16,17)18/h1-4,22H. The molecular formula is C14H5BrF6OS. The number of phenols is 1. The maximum Gasteiger partial charge on any atom is 0.421 e. The Morgan fingerprint density at radius 1 is 0.783 bits per heavy atom. The summed E-state index contributed by atoms with van der Waals surface area (Å²) in [6, 6.07) is 4.50. The summed E-state index contributed by atoms with van der Waals surface area (Å²) < 4.78 is 78.1. The van der Waals surface area contributed by atoms with Gasteiger partial charge in [-0.25, -0.2) is 0 Å². The van der Waals surface area contributed by atoms with E-state index < -0.39 is 33.9 Å². The van der Waals surface area contributed by atoms with Crippen LogP contribution in [0.15, 0.2) is 28.7 Å². The van der Waals surface area contributed by atoms with Crippen molar-refractivity contribution in [3.05, 3.63) is 39.9 Å². The normalized spacial score (nSPS) is 13.2. The van der Waals surface area contributed by atoms with E-state index in [9.17, 15) is 31.4 Å². The highest BCUT2D eigenvalue weighted by Crippen LogP contribution is 2.50. The molecule has 9 heteroatoms. The first-order valence-corrected chi connectivity index (χ1v) is 7.64. The lowest BCUT2D eigenvalue weighted by Gasteiger charge is -2.09. The van der Waals surface area contributed by atoms with Gasteiger partial charge in [0.25, 0.3) is 0 Å². The maximum absolute atomic E-state index is 13.2. The summed E-state index contributed by atoms with van der Waals surface area (Å²) in [5, 5.41) is 9.59. The Kier molecular flexibility index (Phi) is 3.57. The van der Waals surface area contributed by atoms with E-state index in [1.807, 2.05) is 0 Å². The Balaban J connectivity index is 2.54. The molecule has 1 N–H and O–H groups in total. The second kappa shape index (κ2) is 5.01. The lowest BCUT2D eigenvalue weighted by Crippen LogP contribution is -2.05. The molecule has 0 aliphatic heterocycles. The van der Waals surface area contributed by atoms with Gasteiger partial charge in [0.2, 0.25) is 0 Å². The molecule has 0 aliphatic rings. The summed E-state index contributed by atoms with van der Waals surface area (Å²) in [6.07, 6.45) is -9.60. The van der Waals surface area contributed by atoms with Crippen LogP contribution in [-0.4, -0.2) is 5.11 Å². The molecule has 0 radical (unpaired) electrons. The molecule has 0 aliphatic carbocycles. The van der Waals surface area contributed by atoms with Gasteiger partial charge >= 0.3 is 12.4 Å². The predicted octanol–water partition coefficient (Wildman–Crippen LogP) is 6.56. The van der Waals surface area contributed by atoms with Crippen molar-refractivity contribution in [2.45, 2.75) is 12.4 Å². The van der Waals surface area contributed by atoms with E-state index in [1.54, 1.807) is 0 Å². The van der Waals surface area contributed by atoms with Crippen LogP contribution in [0.4, 0.5) is 26.3 Å². The van der Waals surface area contributed by atoms with E-state index in [0.29, 0.717) is 11.3 Å². The molecule has 0 amide bonds. The molecule has 1 aromatic heterocycles. The maximum atomic E-state index is 13.2. The summed E-state index contributed by atoms with van der Waals surface area (Å²) in [7, 11) is 0. The van der Waals surface area contributed by atoms with E-state index in [2.05, 4.69) is 15.9 Å². The number of alkyl halides is 6. The molecule has 0 atom stereocenters. The van der Waals surface area contributed by atoms with Gasteiger partial charge in [0.05, 0.1) is 10.3 Å². The average Bonchev–Trinajstić information content (AvgIpc) is 2.72. The molecule has 23 heavy (non-hydrogen) atoms. The average molecular weight is 415 g/mol. The van der Waals surface area contributed by atoms with Crippen LogP contribution in [0.1, 0.15) is 11.1 Å². The number of fused-ring (bicyclic) bond motifs is 3. The van der Waals surface area contributed by atoms with E-state index in [0.717, 1.165) is 12.1 Å². The van der Waals surface area contributed by atoms with Crippen molar-refractivity contribution in [3.8, 4) is 5.75 Å². The summed E-state index contributed by atoms with van der Waals surface area (Å²) in [6.45, 7) is 0. The fourth-order valence-electron chi connectivity index (χ4n) is 2.41. The number of hydrogen-bond donors (Lipinski definition) is 1. The minimum atomic E-state index is -4.87. The van der Waals surface area contributed by atoms with Crippen molar-refractivity contribution in [3.63, 3.8) is 0 Å². The molecular weight excluding hydrogens is 410 g/mol. The van der Waals surface area contributed by atoms with E-state index in [-0.39, 0.29) is 19.9 Å². The molecule has 0 saturated carbocycles. The Bertz CT molecular complexity index is 851. The Morgan fingerprint density at radius 3 is 1.78 bits per heavy atom. The van der Waals surface area contributed by atoms with Gasteiger partial charge in [-0.2, -0.15) is 26.3 Å². The Labute approximate surface area is 137 Å². The fraction of sp³-hybridized carbons (Fsp3) is 0.143. The molecule has 0 saturated heterocycles. The van der Waals surface area contributed by atoms with Gasteiger partial charge in [-0.15, -0.1) is 11.3 Å². The summed E-state index contributed by atoms with van der Waals surface area (Å²) >= 11 is 3.16. The molecule has 1 nitrogen and oxygen atoms in total.